The Morgan fingerprint density at radius 1 is 0.793 bits per heavy atom. The van der Waals surface area contributed by atoms with Gasteiger partial charge in [0.2, 0.25) is 0 Å². The van der Waals surface area contributed by atoms with Crippen LogP contribution in [0.25, 0.3) is 0 Å². The van der Waals surface area contributed by atoms with Crippen molar-refractivity contribution in [2.75, 3.05) is 26.4 Å². The molecular formula is C23H26O6. The summed E-state index contributed by atoms with van der Waals surface area (Å²) in [5.41, 5.74) is 0.432. The molecule has 6 heteroatoms. The average molecular weight is 398 g/mol. The average Bonchev–Trinajstić information content (AvgIpc) is 3.63. The summed E-state index contributed by atoms with van der Waals surface area (Å²) in [5.74, 6) is 1.51. The highest BCUT2D eigenvalue weighted by Gasteiger charge is 2.39. The van der Waals surface area contributed by atoms with Gasteiger partial charge in [-0.2, -0.15) is 0 Å². The van der Waals surface area contributed by atoms with Crippen LogP contribution in [0.15, 0.2) is 48.5 Å². The fraction of sp³-hybridized carbons (Fsp3) is 0.435. The monoisotopic (exact) mass is 398 g/mol. The molecule has 2 unspecified atom stereocenters. The molecule has 0 spiro atoms. The Hall–Kier alpha value is -2.57. The van der Waals surface area contributed by atoms with Crippen LogP contribution in [-0.2, 0) is 9.47 Å². The van der Waals surface area contributed by atoms with Crippen LogP contribution in [0.5, 0.6) is 17.2 Å². The van der Waals surface area contributed by atoms with Gasteiger partial charge in [-0.3, -0.25) is 0 Å². The number of esters is 1. The summed E-state index contributed by atoms with van der Waals surface area (Å²) in [5, 5.41) is 0. The molecule has 2 fully saturated rings. The first-order valence-corrected chi connectivity index (χ1v) is 9.89. The molecule has 2 saturated heterocycles. The van der Waals surface area contributed by atoms with Crippen molar-refractivity contribution in [2.24, 2.45) is 0 Å². The number of carbonyl (C=O) groups is 1. The Bertz CT molecular complexity index is 835. The van der Waals surface area contributed by atoms with Crippen LogP contribution >= 0.6 is 0 Å². The number of hydrogen-bond acceptors (Lipinski definition) is 6. The number of carbonyl (C=O) groups excluding carboxylic acids is 1. The van der Waals surface area contributed by atoms with Crippen LogP contribution in [0.1, 0.15) is 37.0 Å². The first-order chi connectivity index (χ1) is 13.9. The van der Waals surface area contributed by atoms with E-state index in [0.29, 0.717) is 24.5 Å². The Morgan fingerprint density at radius 3 is 1.66 bits per heavy atom. The summed E-state index contributed by atoms with van der Waals surface area (Å²) in [6.07, 6.45) is 1.71. The van der Waals surface area contributed by atoms with Crippen molar-refractivity contribution in [2.45, 2.75) is 37.9 Å². The van der Waals surface area contributed by atoms with Gasteiger partial charge in [0, 0.05) is 12.8 Å². The largest absolute Gasteiger partial charge is 0.493 e. The number of benzene rings is 2. The van der Waals surface area contributed by atoms with E-state index >= 15 is 0 Å². The minimum Gasteiger partial charge on any atom is -0.493 e. The third-order valence-corrected chi connectivity index (χ3v) is 5.20. The number of hydrogen-bond donors (Lipinski definition) is 0. The van der Waals surface area contributed by atoms with E-state index in [1.807, 2.05) is 0 Å². The van der Waals surface area contributed by atoms with Crippen LogP contribution in [0.4, 0.5) is 0 Å². The zero-order valence-corrected chi connectivity index (χ0v) is 16.8. The Morgan fingerprint density at radius 2 is 1.21 bits per heavy atom. The zero-order valence-electron chi connectivity index (χ0n) is 16.8. The third kappa shape index (κ3) is 5.71. The molecule has 0 amide bonds. The predicted octanol–water partition coefficient (Wildman–Crippen LogP) is 4.02. The van der Waals surface area contributed by atoms with Crippen molar-refractivity contribution in [3.8, 4) is 17.2 Å². The highest BCUT2D eigenvalue weighted by molar-refractivity contribution is 5.91. The minimum atomic E-state index is -0.414. The molecule has 2 aliphatic heterocycles. The number of epoxide rings is 2. The van der Waals surface area contributed by atoms with E-state index in [-0.39, 0.29) is 11.2 Å². The zero-order chi connectivity index (χ0) is 20.3. The lowest BCUT2D eigenvalue weighted by Crippen LogP contribution is -2.11. The summed E-state index contributed by atoms with van der Waals surface area (Å²) in [7, 11) is 0. The van der Waals surface area contributed by atoms with Crippen molar-refractivity contribution < 1.29 is 28.5 Å². The summed E-state index contributed by atoms with van der Waals surface area (Å²) < 4.78 is 27.5. The lowest BCUT2D eigenvalue weighted by atomic mass is 10.1. The van der Waals surface area contributed by atoms with Crippen molar-refractivity contribution in [1.29, 1.82) is 0 Å². The Kier molecular flexibility index (Phi) is 5.48. The molecule has 6 nitrogen and oxygen atoms in total. The molecule has 0 saturated carbocycles. The quantitative estimate of drug-likeness (QED) is 0.342. The molecule has 2 aromatic carbocycles. The van der Waals surface area contributed by atoms with Gasteiger partial charge in [-0.1, -0.05) is 0 Å². The molecule has 0 aliphatic carbocycles. The molecule has 0 aromatic heterocycles. The van der Waals surface area contributed by atoms with Crippen LogP contribution in [-0.4, -0.2) is 43.6 Å². The molecule has 0 N–H and O–H groups in total. The third-order valence-electron chi connectivity index (χ3n) is 5.20. The molecule has 154 valence electrons. The molecule has 0 bridgehead atoms. The standard InChI is InChI=1S/C23H26O6/c1-22(15-27-22)11-13-25-18-5-3-17(4-6-18)21(24)29-20-9-7-19(8-10-20)26-14-12-23(2)16-28-23/h3-10H,11-16H2,1-2H3. The molecular weight excluding hydrogens is 372 g/mol. The van der Waals surface area contributed by atoms with Gasteiger partial charge in [-0.05, 0) is 62.4 Å². The normalized spacial score (nSPS) is 24.6. The molecule has 29 heavy (non-hydrogen) atoms. The van der Waals surface area contributed by atoms with Gasteiger partial charge >= 0.3 is 5.97 Å². The van der Waals surface area contributed by atoms with E-state index in [1.54, 1.807) is 48.5 Å². The van der Waals surface area contributed by atoms with E-state index < -0.39 is 5.97 Å². The highest BCUT2D eigenvalue weighted by atomic mass is 16.6. The summed E-state index contributed by atoms with van der Waals surface area (Å²) >= 11 is 0. The van der Waals surface area contributed by atoms with Gasteiger partial charge < -0.3 is 23.7 Å². The lowest BCUT2D eigenvalue weighted by Gasteiger charge is -2.10. The van der Waals surface area contributed by atoms with Gasteiger partial charge in [-0.15, -0.1) is 0 Å². The van der Waals surface area contributed by atoms with Crippen LogP contribution in [0.2, 0.25) is 0 Å². The Balaban J connectivity index is 1.22. The SMILES string of the molecule is CC1(CCOc2ccc(OC(=O)c3ccc(OCCC4(C)CO4)cc3)cc2)CO1. The molecule has 2 aromatic rings. The predicted molar refractivity (Wildman–Crippen MR) is 107 cm³/mol. The Labute approximate surface area is 170 Å². The second-order valence-electron chi connectivity index (χ2n) is 8.06. The van der Waals surface area contributed by atoms with E-state index in [2.05, 4.69) is 13.8 Å². The molecule has 2 aliphatic rings. The van der Waals surface area contributed by atoms with Gasteiger partial charge in [0.05, 0.1) is 43.2 Å². The van der Waals surface area contributed by atoms with E-state index in [4.69, 9.17) is 23.7 Å². The van der Waals surface area contributed by atoms with Gasteiger partial charge in [-0.25, -0.2) is 4.79 Å². The summed E-state index contributed by atoms with van der Waals surface area (Å²) in [4.78, 5) is 12.3. The smallest absolute Gasteiger partial charge is 0.343 e. The lowest BCUT2D eigenvalue weighted by molar-refractivity contribution is 0.0734. The highest BCUT2D eigenvalue weighted by Crippen LogP contribution is 2.30. The van der Waals surface area contributed by atoms with Crippen LogP contribution in [0, 0.1) is 0 Å². The molecule has 2 atom stereocenters. The maximum atomic E-state index is 12.3. The minimum absolute atomic E-state index is 0.0140. The first-order valence-electron chi connectivity index (χ1n) is 9.89. The van der Waals surface area contributed by atoms with Gasteiger partial charge in [0.25, 0.3) is 0 Å². The second kappa shape index (κ2) is 8.05. The van der Waals surface area contributed by atoms with Crippen molar-refractivity contribution in [3.05, 3.63) is 54.1 Å². The van der Waals surface area contributed by atoms with Crippen molar-refractivity contribution >= 4 is 5.97 Å². The fourth-order valence-corrected chi connectivity index (χ4v) is 2.76. The summed E-state index contributed by atoms with van der Waals surface area (Å²) in [6, 6.07) is 14.0. The molecule has 4 rings (SSSR count). The van der Waals surface area contributed by atoms with Crippen LogP contribution < -0.4 is 14.2 Å². The molecule has 0 radical (unpaired) electrons. The summed E-state index contributed by atoms with van der Waals surface area (Å²) in [6.45, 7) is 6.91. The van der Waals surface area contributed by atoms with Gasteiger partial charge in [0.15, 0.2) is 0 Å². The first kappa shape index (κ1) is 19.7. The van der Waals surface area contributed by atoms with E-state index in [9.17, 15) is 4.79 Å². The topological polar surface area (TPSA) is 69.8 Å². The number of rotatable bonds is 10. The fourth-order valence-electron chi connectivity index (χ4n) is 2.76. The molecule has 2 heterocycles. The second-order valence-corrected chi connectivity index (χ2v) is 8.06. The maximum Gasteiger partial charge on any atom is 0.343 e. The van der Waals surface area contributed by atoms with E-state index in [0.717, 1.165) is 37.6 Å². The number of ether oxygens (including phenoxy) is 5. The van der Waals surface area contributed by atoms with Crippen molar-refractivity contribution in [3.63, 3.8) is 0 Å². The maximum absolute atomic E-state index is 12.3. The van der Waals surface area contributed by atoms with Crippen LogP contribution in [0.3, 0.4) is 0 Å². The van der Waals surface area contributed by atoms with Gasteiger partial charge in [0.1, 0.15) is 17.2 Å². The van der Waals surface area contributed by atoms with Crippen molar-refractivity contribution in [1.82, 2.24) is 0 Å². The van der Waals surface area contributed by atoms with E-state index in [1.165, 1.54) is 0 Å².